The van der Waals surface area contributed by atoms with Crippen LogP contribution in [0.1, 0.15) is 47.1 Å². The number of carbonyl (C=O) groups is 2. The Morgan fingerprint density at radius 1 is 0.871 bits per heavy atom. The van der Waals surface area contributed by atoms with E-state index in [9.17, 15) is 9.59 Å². The van der Waals surface area contributed by atoms with E-state index in [4.69, 9.17) is 9.47 Å². The Kier molecular flexibility index (Phi) is 6.06. The monoisotopic (exact) mass is 423 g/mol. The van der Waals surface area contributed by atoms with Crippen LogP contribution in [-0.4, -0.2) is 38.3 Å². The molecule has 0 aliphatic heterocycles. The maximum atomic E-state index is 12.7. The molecule has 1 aromatic heterocycles. The molecule has 3 aromatic rings. The largest absolute Gasteiger partial charge is 0.443 e. The third-order valence-corrected chi connectivity index (χ3v) is 4.19. The van der Waals surface area contributed by atoms with E-state index in [2.05, 4.69) is 9.97 Å². The number of nitrogens with zero attached hydrogens (tertiary/aromatic N) is 2. The number of H-pyrrole nitrogens is 1. The molecular formula is C24H29N3O4. The molecule has 0 aliphatic rings. The van der Waals surface area contributed by atoms with Gasteiger partial charge in [-0.1, -0.05) is 36.4 Å². The van der Waals surface area contributed by atoms with Crippen LogP contribution in [0.5, 0.6) is 0 Å². The van der Waals surface area contributed by atoms with Gasteiger partial charge in [0.15, 0.2) is 0 Å². The molecular weight excluding hydrogens is 394 g/mol. The average molecular weight is 424 g/mol. The van der Waals surface area contributed by atoms with Crippen LogP contribution in [-0.2, 0) is 16.0 Å². The van der Waals surface area contributed by atoms with Gasteiger partial charge in [-0.05, 0) is 59.2 Å². The van der Waals surface area contributed by atoms with Crippen LogP contribution < -0.4 is 0 Å². The van der Waals surface area contributed by atoms with Crippen molar-refractivity contribution in [2.75, 3.05) is 0 Å². The number of rotatable bonds is 3. The topological polar surface area (TPSA) is 84.5 Å². The molecule has 7 heteroatoms. The van der Waals surface area contributed by atoms with E-state index in [0.717, 1.165) is 32.9 Å². The number of nitrogens with one attached hydrogen (secondary N) is 1. The van der Waals surface area contributed by atoms with E-state index < -0.39 is 23.4 Å². The van der Waals surface area contributed by atoms with Crippen LogP contribution in [0, 0.1) is 0 Å². The van der Waals surface area contributed by atoms with E-state index in [1.54, 1.807) is 41.5 Å². The standard InChI is InChI=1S/C24H29N3O4/c1-23(2,3)30-21(28)27(22(29)31-24(4,5)6)15-16-11-13-17(14-12-16)20-25-18-9-7-8-10-19(18)26-20/h7-14H,15H2,1-6H3,(H,25,26). The van der Waals surface area contributed by atoms with Gasteiger partial charge in [0.05, 0.1) is 17.6 Å². The zero-order valence-corrected chi connectivity index (χ0v) is 18.9. The van der Waals surface area contributed by atoms with Gasteiger partial charge in [0.1, 0.15) is 17.0 Å². The van der Waals surface area contributed by atoms with Crippen LogP contribution in [0.4, 0.5) is 9.59 Å². The first-order valence-corrected chi connectivity index (χ1v) is 10.2. The van der Waals surface area contributed by atoms with Crippen LogP contribution in [0.3, 0.4) is 0 Å². The van der Waals surface area contributed by atoms with E-state index >= 15 is 0 Å². The number of ether oxygens (including phenoxy) is 2. The molecule has 7 nitrogen and oxygen atoms in total. The summed E-state index contributed by atoms with van der Waals surface area (Å²) < 4.78 is 10.8. The third kappa shape index (κ3) is 6.07. The number of carbonyl (C=O) groups excluding carboxylic acids is 2. The van der Waals surface area contributed by atoms with Crippen molar-refractivity contribution in [2.45, 2.75) is 59.3 Å². The number of para-hydroxylation sites is 2. The van der Waals surface area contributed by atoms with E-state index in [1.807, 2.05) is 48.5 Å². The molecule has 1 heterocycles. The van der Waals surface area contributed by atoms with Crippen LogP contribution in [0.2, 0.25) is 0 Å². The minimum atomic E-state index is -0.747. The van der Waals surface area contributed by atoms with Crippen molar-refractivity contribution >= 4 is 23.2 Å². The molecule has 1 N–H and O–H groups in total. The van der Waals surface area contributed by atoms with Gasteiger partial charge in [-0.15, -0.1) is 0 Å². The minimum Gasteiger partial charge on any atom is -0.443 e. The summed E-state index contributed by atoms with van der Waals surface area (Å²) in [7, 11) is 0. The molecule has 2 amide bonds. The second-order valence-corrected chi connectivity index (χ2v) is 9.35. The summed E-state index contributed by atoms with van der Waals surface area (Å²) in [6.45, 7) is 10.5. The van der Waals surface area contributed by atoms with Crippen LogP contribution in [0.15, 0.2) is 48.5 Å². The fourth-order valence-electron chi connectivity index (χ4n) is 2.88. The summed E-state index contributed by atoms with van der Waals surface area (Å²) in [5.41, 5.74) is 2.05. The van der Waals surface area contributed by atoms with Gasteiger partial charge in [0.2, 0.25) is 0 Å². The number of benzene rings is 2. The Morgan fingerprint density at radius 2 is 1.42 bits per heavy atom. The quantitative estimate of drug-likeness (QED) is 0.567. The predicted octanol–water partition coefficient (Wildman–Crippen LogP) is 5.90. The highest BCUT2D eigenvalue weighted by Gasteiger charge is 2.31. The lowest BCUT2D eigenvalue weighted by atomic mass is 10.1. The normalized spacial score (nSPS) is 11.9. The molecule has 0 saturated heterocycles. The molecule has 0 atom stereocenters. The number of aromatic nitrogens is 2. The lowest BCUT2D eigenvalue weighted by Gasteiger charge is -2.28. The summed E-state index contributed by atoms with van der Waals surface area (Å²) in [5.74, 6) is 0.754. The molecule has 0 aliphatic carbocycles. The molecule has 31 heavy (non-hydrogen) atoms. The van der Waals surface area contributed by atoms with Crippen molar-refractivity contribution in [2.24, 2.45) is 0 Å². The first-order chi connectivity index (χ1) is 14.4. The van der Waals surface area contributed by atoms with Gasteiger partial charge < -0.3 is 14.5 Å². The Hall–Kier alpha value is -3.35. The number of hydrogen-bond donors (Lipinski definition) is 1. The summed E-state index contributed by atoms with van der Waals surface area (Å²) in [6.07, 6.45) is -1.49. The first kappa shape index (κ1) is 22.3. The Morgan fingerprint density at radius 3 is 1.94 bits per heavy atom. The lowest BCUT2D eigenvalue weighted by Crippen LogP contribution is -2.43. The van der Waals surface area contributed by atoms with Gasteiger partial charge in [-0.25, -0.2) is 19.5 Å². The molecule has 0 unspecified atom stereocenters. The summed E-state index contributed by atoms with van der Waals surface area (Å²) in [6, 6.07) is 15.3. The van der Waals surface area contributed by atoms with E-state index in [1.165, 1.54) is 0 Å². The summed E-state index contributed by atoms with van der Waals surface area (Å²) in [4.78, 5) is 34.2. The van der Waals surface area contributed by atoms with Crippen molar-refractivity contribution in [3.63, 3.8) is 0 Å². The van der Waals surface area contributed by atoms with Crippen molar-refractivity contribution in [3.8, 4) is 11.4 Å². The first-order valence-electron chi connectivity index (χ1n) is 10.2. The zero-order chi connectivity index (χ0) is 22.8. The highest BCUT2D eigenvalue weighted by atomic mass is 16.6. The number of aromatic amines is 1. The van der Waals surface area contributed by atoms with E-state index in [-0.39, 0.29) is 6.54 Å². The lowest BCUT2D eigenvalue weighted by molar-refractivity contribution is -0.000246. The highest BCUT2D eigenvalue weighted by molar-refractivity contribution is 5.88. The molecule has 164 valence electrons. The minimum absolute atomic E-state index is 0.0320. The second kappa shape index (κ2) is 8.41. The predicted molar refractivity (Wildman–Crippen MR) is 120 cm³/mol. The van der Waals surface area contributed by atoms with Gasteiger partial charge in [0.25, 0.3) is 0 Å². The molecule has 0 spiro atoms. The number of imide groups is 1. The fraction of sp³-hybridized carbons (Fsp3) is 0.375. The highest BCUT2D eigenvalue weighted by Crippen LogP contribution is 2.22. The third-order valence-electron chi connectivity index (χ3n) is 4.19. The van der Waals surface area contributed by atoms with Crippen molar-refractivity contribution in [1.82, 2.24) is 14.9 Å². The molecule has 0 fully saturated rings. The van der Waals surface area contributed by atoms with Crippen molar-refractivity contribution in [1.29, 1.82) is 0 Å². The number of hydrogen-bond acceptors (Lipinski definition) is 5. The van der Waals surface area contributed by atoms with Crippen LogP contribution >= 0.6 is 0 Å². The SMILES string of the molecule is CC(C)(C)OC(=O)N(Cc1ccc(-c2nc3ccccc3[nH]2)cc1)C(=O)OC(C)(C)C. The van der Waals surface area contributed by atoms with Crippen molar-refractivity contribution in [3.05, 3.63) is 54.1 Å². The molecule has 0 bridgehead atoms. The smallest absolute Gasteiger partial charge is 0.420 e. The number of amides is 2. The Bertz CT molecular complexity index is 1010. The summed E-state index contributed by atoms with van der Waals surface area (Å²) >= 11 is 0. The summed E-state index contributed by atoms with van der Waals surface area (Å²) in [5, 5.41) is 0. The van der Waals surface area contributed by atoms with Gasteiger partial charge in [-0.3, -0.25) is 0 Å². The molecule has 0 saturated carbocycles. The maximum Gasteiger partial charge on any atom is 0.420 e. The van der Waals surface area contributed by atoms with Gasteiger partial charge >= 0.3 is 12.2 Å². The van der Waals surface area contributed by atoms with Gasteiger partial charge in [-0.2, -0.15) is 0 Å². The molecule has 0 radical (unpaired) electrons. The fourth-order valence-corrected chi connectivity index (χ4v) is 2.88. The van der Waals surface area contributed by atoms with Gasteiger partial charge in [0, 0.05) is 5.56 Å². The zero-order valence-electron chi connectivity index (χ0n) is 18.9. The average Bonchev–Trinajstić information content (AvgIpc) is 3.07. The molecule has 3 rings (SSSR count). The second-order valence-electron chi connectivity index (χ2n) is 9.35. The Labute approximate surface area is 182 Å². The number of imidazole rings is 1. The molecule has 2 aromatic carbocycles. The van der Waals surface area contributed by atoms with Crippen LogP contribution in [0.25, 0.3) is 22.4 Å². The number of fused-ring (bicyclic) bond motifs is 1. The maximum absolute atomic E-state index is 12.7. The Balaban J connectivity index is 1.81. The van der Waals surface area contributed by atoms with E-state index in [0.29, 0.717) is 0 Å². The van der Waals surface area contributed by atoms with Crippen molar-refractivity contribution < 1.29 is 19.1 Å².